The largest absolute Gasteiger partial charge is 0.850 e. The maximum Gasteiger partial charge on any atom is 0.508 e. The molecule has 4 rings (SSSR count). The molecule has 9 atom stereocenters. The number of carbonyl (C=O) groups is 1. The van der Waals surface area contributed by atoms with E-state index in [0.29, 0.717) is 40.9 Å². The topological polar surface area (TPSA) is 58.6 Å². The normalized spacial score (nSPS) is 38.6. The fraction of sp³-hybridized carbons (Fsp3) is 0.912. The number of carbonyl (C=O) groups excluding carboxylic acids is 1. The quantitative estimate of drug-likeness (QED) is 0.162. The Bertz CT molecular complexity index is 854. The molecule has 0 amide bonds. The molecule has 0 saturated heterocycles. The Morgan fingerprint density at radius 1 is 0.974 bits per heavy atom. The average Bonchev–Trinajstić information content (AvgIpc) is 3.21. The van der Waals surface area contributed by atoms with Gasteiger partial charge in [0.1, 0.15) is 19.3 Å². The lowest BCUT2D eigenvalue weighted by Gasteiger charge is -2.59. The standard InChI is InChI=1S/C34H59NO4/c1-24(2)9-8-10-25(3)29-13-14-30-28-12-11-26-23-27(39-32(37)38-22-20-35(6,7)19-21-36)15-17-33(26,4)31(28)16-18-34(29,30)5/h11-12,24-31H,8-10,13-23H2,1-7H3. The Hall–Kier alpha value is -1.07. The van der Waals surface area contributed by atoms with E-state index in [1.807, 2.05) is 14.1 Å². The second-order valence-electron chi connectivity index (χ2n) is 15.5. The molecule has 0 heterocycles. The Morgan fingerprint density at radius 2 is 1.69 bits per heavy atom. The van der Waals surface area contributed by atoms with Gasteiger partial charge in [-0.3, -0.25) is 0 Å². The van der Waals surface area contributed by atoms with E-state index < -0.39 is 6.16 Å². The average molecular weight is 546 g/mol. The molecule has 0 radical (unpaired) electrons. The fourth-order valence-electron chi connectivity index (χ4n) is 9.62. The second-order valence-corrected chi connectivity index (χ2v) is 15.5. The molecule has 3 fully saturated rings. The maximum atomic E-state index is 12.4. The van der Waals surface area contributed by atoms with E-state index in [9.17, 15) is 9.90 Å². The summed E-state index contributed by atoms with van der Waals surface area (Å²) >= 11 is 0. The molecule has 4 aliphatic rings. The number of allylic oxidation sites excluding steroid dienone is 2. The van der Waals surface area contributed by atoms with Crippen LogP contribution in [0.3, 0.4) is 0 Å². The Kier molecular flexibility index (Phi) is 9.84. The molecule has 0 aliphatic heterocycles. The fourth-order valence-corrected chi connectivity index (χ4v) is 9.62. The van der Waals surface area contributed by atoms with Gasteiger partial charge in [-0.25, -0.2) is 4.79 Å². The first-order valence-electron chi connectivity index (χ1n) is 16.3. The number of rotatable bonds is 11. The second kappa shape index (κ2) is 12.4. The smallest absolute Gasteiger partial charge is 0.508 e. The zero-order valence-electron chi connectivity index (χ0n) is 26.3. The third kappa shape index (κ3) is 6.71. The molecular weight excluding hydrogens is 486 g/mol. The summed E-state index contributed by atoms with van der Waals surface area (Å²) in [5.74, 6) is 5.33. The van der Waals surface area contributed by atoms with Crippen molar-refractivity contribution in [2.24, 2.45) is 52.3 Å². The van der Waals surface area contributed by atoms with Crippen molar-refractivity contribution < 1.29 is 23.9 Å². The summed E-state index contributed by atoms with van der Waals surface area (Å²) < 4.78 is 11.8. The minimum absolute atomic E-state index is 0.0580. The van der Waals surface area contributed by atoms with Crippen molar-refractivity contribution >= 4 is 6.16 Å². The maximum absolute atomic E-state index is 12.4. The van der Waals surface area contributed by atoms with Gasteiger partial charge in [-0.05, 0) is 97.2 Å². The monoisotopic (exact) mass is 545 g/mol. The van der Waals surface area contributed by atoms with Crippen LogP contribution in [-0.2, 0) is 9.47 Å². The Morgan fingerprint density at radius 3 is 2.41 bits per heavy atom. The van der Waals surface area contributed by atoms with Gasteiger partial charge in [0.15, 0.2) is 0 Å². The van der Waals surface area contributed by atoms with Crippen LogP contribution in [0.4, 0.5) is 4.79 Å². The zero-order chi connectivity index (χ0) is 28.4. The summed E-state index contributed by atoms with van der Waals surface area (Å²) in [6.45, 7) is 13.8. The van der Waals surface area contributed by atoms with E-state index >= 15 is 0 Å². The van der Waals surface area contributed by atoms with Crippen LogP contribution < -0.4 is 5.11 Å². The van der Waals surface area contributed by atoms with Gasteiger partial charge in [0.2, 0.25) is 0 Å². The van der Waals surface area contributed by atoms with Crippen LogP contribution in [0.15, 0.2) is 12.2 Å². The first-order valence-corrected chi connectivity index (χ1v) is 16.3. The van der Waals surface area contributed by atoms with Crippen LogP contribution in [0.5, 0.6) is 0 Å². The molecule has 3 saturated carbocycles. The van der Waals surface area contributed by atoms with Gasteiger partial charge in [-0.15, -0.1) is 0 Å². The summed E-state index contributed by atoms with van der Waals surface area (Å²) in [6.07, 6.45) is 17.3. The minimum atomic E-state index is -0.545. The lowest BCUT2D eigenvalue weighted by atomic mass is 9.46. The molecule has 5 nitrogen and oxygen atoms in total. The number of ether oxygens (including phenoxy) is 2. The lowest BCUT2D eigenvalue weighted by Crippen LogP contribution is -2.52. The van der Waals surface area contributed by atoms with Crippen LogP contribution in [0.1, 0.15) is 98.8 Å². The van der Waals surface area contributed by atoms with Crippen molar-refractivity contribution in [3.63, 3.8) is 0 Å². The van der Waals surface area contributed by atoms with Crippen molar-refractivity contribution in [1.82, 2.24) is 0 Å². The predicted octanol–water partition coefficient (Wildman–Crippen LogP) is 6.84. The van der Waals surface area contributed by atoms with Gasteiger partial charge in [0.05, 0.1) is 20.6 Å². The number of nitrogens with zero attached hydrogens (tertiary/aromatic N) is 1. The third-order valence-electron chi connectivity index (χ3n) is 12.2. The molecule has 39 heavy (non-hydrogen) atoms. The van der Waals surface area contributed by atoms with Crippen LogP contribution in [0.2, 0.25) is 0 Å². The highest BCUT2D eigenvalue weighted by Crippen LogP contribution is 2.67. The van der Waals surface area contributed by atoms with Crippen molar-refractivity contribution in [1.29, 1.82) is 0 Å². The summed E-state index contributed by atoms with van der Waals surface area (Å²) in [7, 11) is 3.98. The molecule has 5 heteroatoms. The van der Waals surface area contributed by atoms with Crippen LogP contribution in [0.25, 0.3) is 0 Å². The molecule has 0 aromatic carbocycles. The van der Waals surface area contributed by atoms with Crippen LogP contribution in [-0.4, -0.2) is 57.1 Å². The minimum Gasteiger partial charge on any atom is -0.850 e. The molecule has 0 bridgehead atoms. The molecule has 0 spiro atoms. The van der Waals surface area contributed by atoms with Gasteiger partial charge in [-0.1, -0.05) is 72.6 Å². The van der Waals surface area contributed by atoms with E-state index in [4.69, 9.17) is 9.47 Å². The predicted molar refractivity (Wildman–Crippen MR) is 156 cm³/mol. The SMILES string of the molecule is CC(C)CCCC(C)C1CCC2C3C=CC4CC(OC(=O)OCC[N+](C)(C)CC[O-])CCC4(C)C3CCC12C. The van der Waals surface area contributed by atoms with E-state index in [2.05, 4.69) is 46.8 Å². The van der Waals surface area contributed by atoms with Gasteiger partial charge in [0.25, 0.3) is 0 Å². The molecule has 9 unspecified atom stereocenters. The summed E-state index contributed by atoms with van der Waals surface area (Å²) in [5, 5.41) is 10.9. The highest BCUT2D eigenvalue weighted by atomic mass is 16.7. The Balaban J connectivity index is 1.33. The molecule has 224 valence electrons. The summed E-state index contributed by atoms with van der Waals surface area (Å²) in [4.78, 5) is 12.4. The zero-order valence-corrected chi connectivity index (χ0v) is 26.3. The highest BCUT2D eigenvalue weighted by molar-refractivity contribution is 5.60. The van der Waals surface area contributed by atoms with Crippen LogP contribution in [0, 0.1) is 52.3 Å². The van der Waals surface area contributed by atoms with Crippen molar-refractivity contribution in [3.8, 4) is 0 Å². The third-order valence-corrected chi connectivity index (χ3v) is 12.2. The first kappa shape index (κ1) is 30.9. The molecule has 4 aliphatic carbocycles. The molecule has 0 aromatic heterocycles. The lowest BCUT2D eigenvalue weighted by molar-refractivity contribution is -0.895. The number of hydrogen-bond acceptors (Lipinski definition) is 4. The van der Waals surface area contributed by atoms with Gasteiger partial charge >= 0.3 is 6.16 Å². The molecule has 0 N–H and O–H groups in total. The first-order chi connectivity index (χ1) is 18.4. The van der Waals surface area contributed by atoms with Gasteiger partial charge in [0, 0.05) is 0 Å². The van der Waals surface area contributed by atoms with E-state index in [0.717, 1.165) is 54.8 Å². The van der Waals surface area contributed by atoms with Gasteiger partial charge in [-0.2, -0.15) is 0 Å². The molecular formula is C34H59NO4. The summed E-state index contributed by atoms with van der Waals surface area (Å²) in [6, 6.07) is 0. The number of hydrogen-bond donors (Lipinski definition) is 0. The van der Waals surface area contributed by atoms with Crippen LogP contribution >= 0.6 is 0 Å². The highest BCUT2D eigenvalue weighted by Gasteiger charge is 2.59. The molecule has 0 aromatic rings. The summed E-state index contributed by atoms with van der Waals surface area (Å²) in [5.41, 5.74) is 0.808. The van der Waals surface area contributed by atoms with Crippen molar-refractivity contribution in [2.45, 2.75) is 105 Å². The Labute approximate surface area is 239 Å². The number of fused-ring (bicyclic) bond motifs is 5. The number of quaternary nitrogens is 1. The van der Waals surface area contributed by atoms with Crippen molar-refractivity contribution in [3.05, 3.63) is 12.2 Å². The van der Waals surface area contributed by atoms with Gasteiger partial charge < -0.3 is 19.1 Å². The van der Waals surface area contributed by atoms with E-state index in [-0.39, 0.29) is 12.7 Å². The van der Waals surface area contributed by atoms with E-state index in [1.54, 1.807) is 0 Å². The number of likely N-dealkylation sites (N-methyl/N-ethyl adjacent to an activating group) is 1. The van der Waals surface area contributed by atoms with E-state index in [1.165, 1.54) is 44.9 Å². The van der Waals surface area contributed by atoms with Crippen molar-refractivity contribution in [2.75, 3.05) is 40.4 Å².